The number of pyridine rings is 1. The number of allylic oxidation sites excluding steroid dienone is 1. The fraction of sp³-hybridized carbons (Fsp3) is 0.438. The van der Waals surface area contributed by atoms with Gasteiger partial charge in [-0.05, 0) is 61.4 Å². The average Bonchev–Trinajstić information content (AvgIpc) is 3.87. The predicted molar refractivity (Wildman–Crippen MR) is 257 cm³/mol. The van der Waals surface area contributed by atoms with E-state index in [0.29, 0.717) is 89.8 Å². The average molecular weight is 983 g/mol. The van der Waals surface area contributed by atoms with Gasteiger partial charge in [-0.2, -0.15) is 4.98 Å². The first kappa shape index (κ1) is 49.8. The Morgan fingerprint density at radius 2 is 1.50 bits per heavy atom. The van der Waals surface area contributed by atoms with E-state index in [1.807, 2.05) is 18.2 Å². The third-order valence-corrected chi connectivity index (χ3v) is 13.3. The number of ether oxygens (including phenoxy) is 4. The number of hydrogen-bond acceptors (Lipinski definition) is 17. The molecule has 5 amide bonds. The minimum absolute atomic E-state index is 0.0184. The van der Waals surface area contributed by atoms with Crippen molar-refractivity contribution in [2.24, 2.45) is 0 Å². The van der Waals surface area contributed by atoms with Gasteiger partial charge in [0.05, 0.1) is 87.2 Å². The molecule has 0 radical (unpaired) electrons. The van der Waals surface area contributed by atoms with Crippen LogP contribution in [0.1, 0.15) is 40.0 Å². The van der Waals surface area contributed by atoms with Gasteiger partial charge in [0.15, 0.2) is 15.5 Å². The minimum Gasteiger partial charge on any atom is -0.383 e. The summed E-state index contributed by atoms with van der Waals surface area (Å²) in [6.07, 6.45) is 8.58. The Morgan fingerprint density at radius 1 is 0.814 bits per heavy atom. The molecule has 8 rings (SSSR count). The van der Waals surface area contributed by atoms with Gasteiger partial charge in [0, 0.05) is 68.9 Å². The van der Waals surface area contributed by atoms with Crippen LogP contribution >= 0.6 is 0 Å². The molecule has 1 aliphatic carbocycles. The first-order valence-corrected chi connectivity index (χ1v) is 25.3. The molecule has 372 valence electrons. The van der Waals surface area contributed by atoms with E-state index in [4.69, 9.17) is 24.0 Å². The number of hydrogen-bond donors (Lipinski definition) is 4. The zero-order chi connectivity index (χ0) is 49.0. The molecule has 0 saturated carbocycles. The summed E-state index contributed by atoms with van der Waals surface area (Å²) in [5.74, 6) is -1.70. The maximum atomic E-state index is 13.0. The summed E-state index contributed by atoms with van der Waals surface area (Å²) in [4.78, 5) is 72.7. The van der Waals surface area contributed by atoms with E-state index in [2.05, 4.69) is 54.3 Å². The highest BCUT2D eigenvalue weighted by atomic mass is 32.2. The Labute approximate surface area is 405 Å². The Hall–Kier alpha value is -6.56. The number of amides is 5. The smallest absolute Gasteiger partial charge is 0.262 e. The summed E-state index contributed by atoms with van der Waals surface area (Å²) >= 11 is 0. The van der Waals surface area contributed by atoms with Gasteiger partial charge in [0.1, 0.15) is 6.04 Å². The van der Waals surface area contributed by atoms with Gasteiger partial charge in [0.2, 0.25) is 23.7 Å². The van der Waals surface area contributed by atoms with Crippen molar-refractivity contribution < 1.29 is 51.3 Å². The molecule has 2 aromatic carbocycles. The molecule has 2 atom stereocenters. The molecule has 0 bridgehead atoms. The number of piperazine rings is 1. The summed E-state index contributed by atoms with van der Waals surface area (Å²) in [6, 6.07) is 16.3. The highest BCUT2D eigenvalue weighted by molar-refractivity contribution is 7.90. The largest absolute Gasteiger partial charge is 0.383 e. The van der Waals surface area contributed by atoms with Crippen LogP contribution in [0.5, 0.6) is 0 Å². The Bertz CT molecular complexity index is 2720. The molecule has 4 aliphatic rings. The number of anilines is 2. The molecule has 2 fully saturated rings. The van der Waals surface area contributed by atoms with E-state index in [1.54, 1.807) is 47.0 Å². The molecule has 2 aromatic heterocycles. The maximum Gasteiger partial charge on any atom is 0.262 e. The van der Waals surface area contributed by atoms with Gasteiger partial charge in [0.25, 0.3) is 11.8 Å². The third-order valence-electron chi connectivity index (χ3n) is 12.1. The van der Waals surface area contributed by atoms with E-state index in [1.165, 1.54) is 6.26 Å². The molecule has 4 aromatic rings. The summed E-state index contributed by atoms with van der Waals surface area (Å²) < 4.78 is 47.9. The number of sulfone groups is 1. The quantitative estimate of drug-likeness (QED) is 0.0577. The summed E-state index contributed by atoms with van der Waals surface area (Å²) in [5.41, 5.74) is 4.53. The van der Waals surface area contributed by atoms with Crippen LogP contribution in [0, 0.1) is 0 Å². The summed E-state index contributed by atoms with van der Waals surface area (Å²) in [5, 5.41) is 16.4. The van der Waals surface area contributed by atoms with Gasteiger partial charge < -0.3 is 39.8 Å². The lowest BCUT2D eigenvalue weighted by Crippen LogP contribution is -2.54. The van der Waals surface area contributed by atoms with Crippen LogP contribution in [0.3, 0.4) is 0 Å². The molecule has 21 nitrogen and oxygen atoms in total. The fourth-order valence-corrected chi connectivity index (χ4v) is 9.10. The van der Waals surface area contributed by atoms with E-state index in [-0.39, 0.29) is 40.8 Å². The molecular formula is C48H58N10O11S. The van der Waals surface area contributed by atoms with Crippen LogP contribution in [-0.4, -0.2) is 184 Å². The SMILES string of the molecule is CS(=O)(=O)c1ccc(-c2cccc3nc(NC4C=CC(N5CCN(CC(=O)NCCOCCOCCOCCOCCNc6ccc7c(c6)C(=O)N(C6CCC(=O)NC6=O)C7=O)CC5)=CC4)nn23)cc1. The van der Waals surface area contributed by atoms with Gasteiger partial charge in [-0.25, -0.2) is 12.9 Å². The van der Waals surface area contributed by atoms with Gasteiger partial charge in [-0.3, -0.25) is 39.1 Å². The second-order valence-corrected chi connectivity index (χ2v) is 19.1. The number of imide groups is 2. The number of nitrogens with zero attached hydrogens (tertiary/aromatic N) is 6. The molecule has 22 heteroatoms. The lowest BCUT2D eigenvalue weighted by atomic mass is 10.0. The number of nitrogens with one attached hydrogen (secondary N) is 4. The van der Waals surface area contributed by atoms with Crippen LogP contribution in [0.15, 0.2) is 89.5 Å². The van der Waals surface area contributed by atoms with E-state index in [9.17, 15) is 32.4 Å². The number of carbonyl (C=O) groups excluding carboxylic acids is 5. The zero-order valence-corrected chi connectivity index (χ0v) is 39.8. The monoisotopic (exact) mass is 982 g/mol. The summed E-state index contributed by atoms with van der Waals surface area (Å²) in [6.45, 7) is 7.51. The van der Waals surface area contributed by atoms with E-state index < -0.39 is 39.5 Å². The van der Waals surface area contributed by atoms with Crippen molar-refractivity contribution in [3.8, 4) is 11.3 Å². The Morgan fingerprint density at radius 3 is 2.17 bits per heavy atom. The van der Waals surface area contributed by atoms with Crippen LogP contribution in [0.4, 0.5) is 11.6 Å². The Kier molecular flexibility index (Phi) is 16.6. The predicted octanol–water partition coefficient (Wildman–Crippen LogP) is 1.74. The third kappa shape index (κ3) is 12.8. The molecule has 70 heavy (non-hydrogen) atoms. The van der Waals surface area contributed by atoms with Crippen molar-refractivity contribution in [1.82, 2.24) is 39.9 Å². The number of fused-ring (bicyclic) bond motifs is 2. The van der Waals surface area contributed by atoms with Crippen molar-refractivity contribution in [2.45, 2.75) is 36.2 Å². The fourth-order valence-electron chi connectivity index (χ4n) is 8.47. The lowest BCUT2D eigenvalue weighted by Gasteiger charge is -2.37. The number of piperidine rings is 1. The van der Waals surface area contributed by atoms with E-state index in [0.717, 1.165) is 54.5 Å². The van der Waals surface area contributed by atoms with Crippen LogP contribution in [0.2, 0.25) is 0 Å². The van der Waals surface area contributed by atoms with Crippen molar-refractivity contribution in [3.05, 3.63) is 95.7 Å². The van der Waals surface area contributed by atoms with Crippen molar-refractivity contribution in [2.75, 3.05) is 116 Å². The highest BCUT2D eigenvalue weighted by Crippen LogP contribution is 2.30. The molecule has 0 spiro atoms. The minimum atomic E-state index is -3.29. The van der Waals surface area contributed by atoms with Crippen LogP contribution < -0.4 is 21.3 Å². The first-order valence-electron chi connectivity index (χ1n) is 23.4. The second kappa shape index (κ2) is 23.4. The van der Waals surface area contributed by atoms with E-state index >= 15 is 0 Å². The number of benzene rings is 2. The number of carbonyl (C=O) groups is 5. The molecular weight excluding hydrogens is 925 g/mol. The van der Waals surface area contributed by atoms with Crippen molar-refractivity contribution in [1.29, 1.82) is 0 Å². The molecule has 5 heterocycles. The molecule has 4 N–H and O–H groups in total. The standard InChI is InChI=1S/C48H58N10O11S/c1-70(64,65)37-12-5-33(6-13-37)40-3-2-4-42-52-48(54-58(40)42)51-34-7-10-36(11-8-34)56-21-19-55(20-22-56)32-44(60)50-18-24-67-26-28-69-30-29-68-27-25-66-23-17-49-35-9-14-38-39(31-35)47(63)57(46(38)62)41-15-16-43(59)53-45(41)61/h2-7,9-14,31,34,41,49H,8,15-30,32H2,1H3,(H,50,60)(H,51,54)(H,53,59,61). The number of rotatable bonds is 24. The van der Waals surface area contributed by atoms with Crippen molar-refractivity contribution in [3.63, 3.8) is 0 Å². The van der Waals surface area contributed by atoms with Gasteiger partial charge in [-0.1, -0.05) is 30.4 Å². The lowest BCUT2D eigenvalue weighted by molar-refractivity contribution is -0.136. The zero-order valence-electron chi connectivity index (χ0n) is 39.0. The summed E-state index contributed by atoms with van der Waals surface area (Å²) in [7, 11) is -3.29. The van der Waals surface area contributed by atoms with Gasteiger partial charge >= 0.3 is 0 Å². The molecule has 2 saturated heterocycles. The second-order valence-electron chi connectivity index (χ2n) is 17.1. The van der Waals surface area contributed by atoms with Crippen molar-refractivity contribution >= 4 is 56.7 Å². The number of aromatic nitrogens is 3. The molecule has 2 unspecified atom stereocenters. The first-order chi connectivity index (χ1) is 33.9. The Balaban J connectivity index is 0.609. The normalized spacial score (nSPS) is 18.6. The molecule has 3 aliphatic heterocycles. The highest BCUT2D eigenvalue weighted by Gasteiger charge is 2.44. The van der Waals surface area contributed by atoms with Crippen LogP contribution in [0.25, 0.3) is 16.9 Å². The maximum absolute atomic E-state index is 13.0. The van der Waals surface area contributed by atoms with Gasteiger partial charge in [-0.15, -0.1) is 5.10 Å². The van der Waals surface area contributed by atoms with Crippen LogP contribution in [-0.2, 0) is 43.2 Å². The topological polar surface area (TPSA) is 244 Å².